The molecular formula is C11H11NO5. The van der Waals surface area contributed by atoms with Gasteiger partial charge in [0.2, 0.25) is 0 Å². The molecule has 90 valence electrons. The molecule has 0 saturated carbocycles. The lowest BCUT2D eigenvalue weighted by molar-refractivity contribution is -0.384. The van der Waals surface area contributed by atoms with Crippen LogP contribution in [0.5, 0.6) is 5.75 Å². The summed E-state index contributed by atoms with van der Waals surface area (Å²) in [5, 5.41) is 20.7. The fourth-order valence-corrected chi connectivity index (χ4v) is 1.59. The number of aliphatic hydroxyl groups excluding tert-OH is 1. The minimum atomic E-state index is -0.772. The number of methoxy groups -OCH3 is 1. The van der Waals surface area contributed by atoms with Crippen LogP contribution in [-0.2, 0) is 0 Å². The van der Waals surface area contributed by atoms with Crippen LogP contribution in [0.25, 0.3) is 11.0 Å². The summed E-state index contributed by atoms with van der Waals surface area (Å²) in [6, 6.07) is 4.24. The van der Waals surface area contributed by atoms with E-state index < -0.39 is 11.0 Å². The van der Waals surface area contributed by atoms with Gasteiger partial charge >= 0.3 is 0 Å². The molecule has 0 radical (unpaired) electrons. The van der Waals surface area contributed by atoms with Gasteiger partial charge in [-0.1, -0.05) is 0 Å². The Kier molecular flexibility index (Phi) is 2.72. The second-order valence-corrected chi connectivity index (χ2v) is 3.65. The number of nitrogens with zero attached hydrogens (tertiary/aromatic N) is 1. The maximum atomic E-state index is 10.7. The van der Waals surface area contributed by atoms with Crippen LogP contribution in [0.3, 0.4) is 0 Å². The number of rotatable bonds is 3. The number of benzene rings is 1. The highest BCUT2D eigenvalue weighted by Gasteiger charge is 2.17. The molecule has 1 aromatic heterocycles. The van der Waals surface area contributed by atoms with E-state index in [4.69, 9.17) is 9.15 Å². The molecule has 1 atom stereocenters. The summed E-state index contributed by atoms with van der Waals surface area (Å²) in [5.74, 6) is 0.625. The molecule has 0 amide bonds. The monoisotopic (exact) mass is 237 g/mol. The van der Waals surface area contributed by atoms with Crippen LogP contribution in [0.1, 0.15) is 18.8 Å². The molecule has 0 spiro atoms. The molecule has 2 rings (SSSR count). The maximum absolute atomic E-state index is 10.7. The third-order valence-corrected chi connectivity index (χ3v) is 2.43. The number of hydrogen-bond donors (Lipinski definition) is 1. The quantitative estimate of drug-likeness (QED) is 0.654. The number of nitro groups is 1. The van der Waals surface area contributed by atoms with Crippen LogP contribution < -0.4 is 4.74 Å². The van der Waals surface area contributed by atoms with Crippen LogP contribution in [0, 0.1) is 10.1 Å². The van der Waals surface area contributed by atoms with Gasteiger partial charge in [-0.05, 0) is 13.0 Å². The van der Waals surface area contributed by atoms with Gasteiger partial charge < -0.3 is 14.3 Å². The number of furan rings is 1. The van der Waals surface area contributed by atoms with Crippen molar-refractivity contribution in [2.75, 3.05) is 7.11 Å². The lowest BCUT2D eigenvalue weighted by Crippen LogP contribution is -1.90. The van der Waals surface area contributed by atoms with E-state index >= 15 is 0 Å². The number of non-ortho nitro benzene ring substituents is 1. The number of fused-ring (bicyclic) bond motifs is 1. The highest BCUT2D eigenvalue weighted by Crippen LogP contribution is 2.34. The molecule has 1 heterocycles. The van der Waals surface area contributed by atoms with Gasteiger partial charge in [-0.15, -0.1) is 0 Å². The Labute approximate surface area is 96.6 Å². The lowest BCUT2D eigenvalue weighted by Gasteiger charge is -2.00. The fraction of sp³-hybridized carbons (Fsp3) is 0.273. The largest absolute Gasteiger partial charge is 0.493 e. The van der Waals surface area contributed by atoms with Crippen molar-refractivity contribution in [3.8, 4) is 5.75 Å². The van der Waals surface area contributed by atoms with Gasteiger partial charge in [-0.3, -0.25) is 10.1 Å². The zero-order valence-electron chi connectivity index (χ0n) is 9.34. The van der Waals surface area contributed by atoms with E-state index in [9.17, 15) is 15.2 Å². The SMILES string of the molecule is COc1cc([N+](=O)[O-])cc2cc([C@H](C)O)oc12. The van der Waals surface area contributed by atoms with Gasteiger partial charge in [0.05, 0.1) is 18.1 Å². The Morgan fingerprint density at radius 2 is 2.18 bits per heavy atom. The van der Waals surface area contributed by atoms with Crippen molar-refractivity contribution >= 4 is 16.7 Å². The predicted octanol–water partition coefficient (Wildman–Crippen LogP) is 2.40. The van der Waals surface area contributed by atoms with Gasteiger partial charge in [-0.25, -0.2) is 0 Å². The standard InChI is InChI=1S/C11H11NO5/c1-6(13)9-4-7-3-8(12(14)15)5-10(16-2)11(7)17-9/h3-6,13H,1-2H3/t6-/m0/s1. The molecule has 17 heavy (non-hydrogen) atoms. The van der Waals surface area contributed by atoms with E-state index in [1.165, 1.54) is 19.2 Å². The normalized spacial score (nSPS) is 12.6. The van der Waals surface area contributed by atoms with Crippen LogP contribution in [0.4, 0.5) is 5.69 Å². The Bertz CT molecular complexity index is 572. The predicted molar refractivity (Wildman–Crippen MR) is 60.1 cm³/mol. The number of ether oxygens (including phenoxy) is 1. The van der Waals surface area contributed by atoms with Crippen LogP contribution in [0.2, 0.25) is 0 Å². The summed E-state index contributed by atoms with van der Waals surface area (Å²) in [6.07, 6.45) is -0.772. The lowest BCUT2D eigenvalue weighted by atomic mass is 10.2. The first kappa shape index (κ1) is 11.4. The smallest absolute Gasteiger partial charge is 0.274 e. The average molecular weight is 237 g/mol. The first-order chi connectivity index (χ1) is 8.02. The first-order valence-electron chi connectivity index (χ1n) is 4.97. The average Bonchev–Trinajstić information content (AvgIpc) is 2.71. The zero-order chi connectivity index (χ0) is 12.6. The van der Waals surface area contributed by atoms with Gasteiger partial charge in [0.15, 0.2) is 11.3 Å². The number of nitro benzene ring substituents is 1. The van der Waals surface area contributed by atoms with Gasteiger partial charge in [0.25, 0.3) is 5.69 Å². The Morgan fingerprint density at radius 3 is 2.71 bits per heavy atom. The van der Waals surface area contributed by atoms with Crippen molar-refractivity contribution in [3.05, 3.63) is 34.1 Å². The third kappa shape index (κ3) is 1.94. The first-order valence-corrected chi connectivity index (χ1v) is 4.97. The molecule has 0 fully saturated rings. The van der Waals surface area contributed by atoms with Crippen molar-refractivity contribution in [3.63, 3.8) is 0 Å². The number of aliphatic hydroxyl groups is 1. The summed E-state index contributed by atoms with van der Waals surface area (Å²) in [4.78, 5) is 10.2. The molecule has 6 nitrogen and oxygen atoms in total. The molecule has 6 heteroatoms. The van der Waals surface area contributed by atoms with Crippen molar-refractivity contribution < 1.29 is 19.2 Å². The van der Waals surface area contributed by atoms with E-state index in [1.807, 2.05) is 0 Å². The molecule has 0 saturated heterocycles. The molecule has 1 aromatic carbocycles. The summed E-state index contributed by atoms with van der Waals surface area (Å²) >= 11 is 0. The molecule has 0 aliphatic heterocycles. The van der Waals surface area contributed by atoms with Gasteiger partial charge in [0.1, 0.15) is 11.9 Å². The summed E-state index contributed by atoms with van der Waals surface area (Å²) in [5.41, 5.74) is 0.321. The topological polar surface area (TPSA) is 85.7 Å². The fourth-order valence-electron chi connectivity index (χ4n) is 1.59. The summed E-state index contributed by atoms with van der Waals surface area (Å²) in [7, 11) is 1.41. The van der Waals surface area contributed by atoms with Gasteiger partial charge in [0, 0.05) is 11.5 Å². The van der Waals surface area contributed by atoms with Crippen molar-refractivity contribution in [2.24, 2.45) is 0 Å². The molecule has 0 unspecified atom stereocenters. The maximum Gasteiger partial charge on any atom is 0.274 e. The minimum absolute atomic E-state index is 0.0766. The number of hydrogen-bond acceptors (Lipinski definition) is 5. The summed E-state index contributed by atoms with van der Waals surface area (Å²) < 4.78 is 10.4. The van der Waals surface area contributed by atoms with Crippen molar-refractivity contribution in [1.82, 2.24) is 0 Å². The Balaban J connectivity index is 2.69. The minimum Gasteiger partial charge on any atom is -0.493 e. The Morgan fingerprint density at radius 1 is 1.47 bits per heavy atom. The molecule has 0 aliphatic carbocycles. The molecule has 2 aromatic rings. The van der Waals surface area contributed by atoms with Crippen molar-refractivity contribution in [2.45, 2.75) is 13.0 Å². The Hall–Kier alpha value is -2.08. The second-order valence-electron chi connectivity index (χ2n) is 3.65. The van der Waals surface area contributed by atoms with Crippen molar-refractivity contribution in [1.29, 1.82) is 0 Å². The van der Waals surface area contributed by atoms with E-state index in [1.54, 1.807) is 13.0 Å². The molecule has 1 N–H and O–H groups in total. The second kappa shape index (κ2) is 4.06. The van der Waals surface area contributed by atoms with E-state index in [0.717, 1.165) is 0 Å². The summed E-state index contributed by atoms with van der Waals surface area (Å²) in [6.45, 7) is 1.55. The highest BCUT2D eigenvalue weighted by atomic mass is 16.6. The van der Waals surface area contributed by atoms with E-state index in [0.29, 0.717) is 16.7 Å². The van der Waals surface area contributed by atoms with Gasteiger partial charge in [-0.2, -0.15) is 0 Å². The van der Waals surface area contributed by atoms with Crippen LogP contribution in [0.15, 0.2) is 22.6 Å². The van der Waals surface area contributed by atoms with E-state index in [2.05, 4.69) is 0 Å². The molecular weight excluding hydrogens is 226 g/mol. The van der Waals surface area contributed by atoms with Crippen LogP contribution in [-0.4, -0.2) is 17.1 Å². The highest BCUT2D eigenvalue weighted by molar-refractivity contribution is 5.86. The molecule has 0 aliphatic rings. The van der Waals surface area contributed by atoms with Crippen LogP contribution >= 0.6 is 0 Å². The molecule has 0 bridgehead atoms. The van der Waals surface area contributed by atoms with E-state index in [-0.39, 0.29) is 11.4 Å². The third-order valence-electron chi connectivity index (χ3n) is 2.43. The zero-order valence-corrected chi connectivity index (χ0v) is 9.34.